The average Bonchev–Trinajstić information content (AvgIpc) is 2.72. The van der Waals surface area contributed by atoms with Crippen LogP contribution in [0, 0.1) is 6.92 Å². The summed E-state index contributed by atoms with van der Waals surface area (Å²) in [5.41, 5.74) is 1.86. The Bertz CT molecular complexity index is 688. The van der Waals surface area contributed by atoms with Crippen LogP contribution in [0.2, 0.25) is 0 Å². The number of thioether (sulfide) groups is 1. The summed E-state index contributed by atoms with van der Waals surface area (Å²) in [5.74, 6) is -0.215. The molecule has 0 bridgehead atoms. The molecule has 1 heterocycles. The Morgan fingerprint density at radius 1 is 1.29 bits per heavy atom. The summed E-state index contributed by atoms with van der Waals surface area (Å²) < 4.78 is 0.502. The summed E-state index contributed by atoms with van der Waals surface area (Å²) in [6, 6.07) is 7.95. The molecule has 2 rings (SSSR count). The largest absolute Gasteiger partial charge is 0.351 e. The van der Waals surface area contributed by atoms with Crippen molar-refractivity contribution >= 4 is 46.2 Å². The summed E-state index contributed by atoms with van der Waals surface area (Å²) in [5, 5.41) is 2.89. The molecule has 0 aliphatic carbocycles. The summed E-state index contributed by atoms with van der Waals surface area (Å²) in [7, 11) is 0. The Labute approximate surface area is 152 Å². The molecular weight excluding hydrogens is 340 g/mol. The van der Waals surface area contributed by atoms with Crippen molar-refractivity contribution in [1.82, 2.24) is 10.2 Å². The fourth-order valence-electron chi connectivity index (χ4n) is 2.20. The van der Waals surface area contributed by atoms with Gasteiger partial charge in [0.25, 0.3) is 5.91 Å². The van der Waals surface area contributed by atoms with Crippen LogP contribution in [-0.4, -0.2) is 33.1 Å². The molecule has 24 heavy (non-hydrogen) atoms. The van der Waals surface area contributed by atoms with E-state index in [1.165, 1.54) is 22.2 Å². The maximum absolute atomic E-state index is 12.5. The highest BCUT2D eigenvalue weighted by Crippen LogP contribution is 2.32. The Morgan fingerprint density at radius 2 is 1.92 bits per heavy atom. The van der Waals surface area contributed by atoms with Crippen molar-refractivity contribution in [2.24, 2.45) is 0 Å². The SMILES string of the molecule is Cc1ccc(/C=C2\SC(=S)N(CCC(=O)NC(C)(C)C)C2=O)cc1. The van der Waals surface area contributed by atoms with E-state index >= 15 is 0 Å². The van der Waals surface area contributed by atoms with E-state index in [1.807, 2.05) is 58.0 Å². The fourth-order valence-corrected chi connectivity index (χ4v) is 3.51. The van der Waals surface area contributed by atoms with Crippen molar-refractivity contribution in [2.45, 2.75) is 39.7 Å². The zero-order chi connectivity index (χ0) is 17.9. The number of hydrogen-bond acceptors (Lipinski definition) is 4. The Hall–Kier alpha value is -1.66. The van der Waals surface area contributed by atoms with E-state index < -0.39 is 0 Å². The van der Waals surface area contributed by atoms with Gasteiger partial charge in [0.15, 0.2) is 0 Å². The van der Waals surface area contributed by atoms with Crippen molar-refractivity contribution in [3.8, 4) is 0 Å². The van der Waals surface area contributed by atoms with Gasteiger partial charge in [-0.1, -0.05) is 53.8 Å². The van der Waals surface area contributed by atoms with Crippen molar-refractivity contribution in [3.05, 3.63) is 40.3 Å². The quantitative estimate of drug-likeness (QED) is 0.658. The van der Waals surface area contributed by atoms with Gasteiger partial charge in [-0.3, -0.25) is 14.5 Å². The minimum atomic E-state index is -0.280. The van der Waals surface area contributed by atoms with E-state index in [1.54, 1.807) is 0 Å². The summed E-state index contributed by atoms with van der Waals surface area (Å²) in [6.07, 6.45) is 2.08. The molecule has 0 aromatic heterocycles. The van der Waals surface area contributed by atoms with Crippen molar-refractivity contribution in [3.63, 3.8) is 0 Å². The zero-order valence-electron chi connectivity index (χ0n) is 14.4. The van der Waals surface area contributed by atoms with Crippen LogP contribution in [-0.2, 0) is 9.59 Å². The number of benzene rings is 1. The third kappa shape index (κ3) is 5.18. The number of carbonyl (C=O) groups is 2. The topological polar surface area (TPSA) is 49.4 Å². The molecule has 128 valence electrons. The van der Waals surface area contributed by atoms with Gasteiger partial charge < -0.3 is 5.32 Å². The second-order valence-corrected chi connectivity index (χ2v) is 8.47. The van der Waals surface area contributed by atoms with Gasteiger partial charge in [0, 0.05) is 18.5 Å². The molecule has 0 unspecified atom stereocenters. The predicted octanol–water partition coefficient (Wildman–Crippen LogP) is 3.50. The summed E-state index contributed by atoms with van der Waals surface area (Å²) in [4.78, 5) is 26.5. The number of thiocarbonyl (C=S) groups is 1. The van der Waals surface area contributed by atoms with Crippen LogP contribution >= 0.6 is 24.0 Å². The number of amides is 2. The third-order valence-corrected chi connectivity index (χ3v) is 4.70. The van der Waals surface area contributed by atoms with Gasteiger partial charge in [-0.25, -0.2) is 0 Å². The lowest BCUT2D eigenvalue weighted by Gasteiger charge is -2.21. The first kappa shape index (κ1) is 18.7. The molecule has 1 N–H and O–H groups in total. The van der Waals surface area contributed by atoms with Crippen LogP contribution in [0.1, 0.15) is 38.3 Å². The number of carbonyl (C=O) groups excluding carboxylic acids is 2. The normalized spacial score (nSPS) is 16.8. The average molecular weight is 363 g/mol. The smallest absolute Gasteiger partial charge is 0.266 e. The molecule has 2 amide bonds. The first-order chi connectivity index (χ1) is 11.2. The Morgan fingerprint density at radius 3 is 2.50 bits per heavy atom. The lowest BCUT2D eigenvalue weighted by Crippen LogP contribution is -2.42. The van der Waals surface area contributed by atoms with E-state index in [-0.39, 0.29) is 23.8 Å². The van der Waals surface area contributed by atoms with Crippen LogP contribution in [0.25, 0.3) is 6.08 Å². The monoisotopic (exact) mass is 362 g/mol. The molecule has 1 aromatic rings. The van der Waals surface area contributed by atoms with Crippen LogP contribution < -0.4 is 5.32 Å². The van der Waals surface area contributed by atoms with Gasteiger partial charge in [0.05, 0.1) is 4.91 Å². The first-order valence-corrected chi connectivity index (χ1v) is 9.01. The lowest BCUT2D eigenvalue weighted by atomic mass is 10.1. The minimum absolute atomic E-state index is 0.0842. The number of nitrogens with zero attached hydrogens (tertiary/aromatic N) is 1. The predicted molar refractivity (Wildman–Crippen MR) is 104 cm³/mol. The minimum Gasteiger partial charge on any atom is -0.351 e. The molecule has 0 atom stereocenters. The van der Waals surface area contributed by atoms with Crippen molar-refractivity contribution in [1.29, 1.82) is 0 Å². The van der Waals surface area contributed by atoms with E-state index in [0.29, 0.717) is 15.8 Å². The first-order valence-electron chi connectivity index (χ1n) is 7.79. The molecule has 1 saturated heterocycles. The van der Waals surface area contributed by atoms with E-state index in [2.05, 4.69) is 5.32 Å². The summed E-state index contributed by atoms with van der Waals surface area (Å²) >= 11 is 6.57. The second kappa shape index (κ2) is 7.49. The van der Waals surface area contributed by atoms with Crippen LogP contribution in [0.4, 0.5) is 0 Å². The van der Waals surface area contributed by atoms with Crippen LogP contribution in [0.3, 0.4) is 0 Å². The summed E-state index contributed by atoms with van der Waals surface area (Å²) in [6.45, 7) is 8.10. The number of nitrogens with one attached hydrogen (secondary N) is 1. The molecule has 6 heteroatoms. The molecule has 0 radical (unpaired) electrons. The third-order valence-electron chi connectivity index (χ3n) is 3.33. The van der Waals surface area contributed by atoms with Gasteiger partial charge in [-0.05, 0) is 39.3 Å². The van der Waals surface area contributed by atoms with Crippen molar-refractivity contribution < 1.29 is 9.59 Å². The molecule has 1 aliphatic rings. The lowest BCUT2D eigenvalue weighted by molar-refractivity contribution is -0.124. The van der Waals surface area contributed by atoms with Crippen LogP contribution in [0.15, 0.2) is 29.2 Å². The molecule has 1 aliphatic heterocycles. The highest BCUT2D eigenvalue weighted by molar-refractivity contribution is 8.26. The fraction of sp³-hybridized carbons (Fsp3) is 0.389. The van der Waals surface area contributed by atoms with E-state index in [0.717, 1.165) is 5.56 Å². The van der Waals surface area contributed by atoms with Gasteiger partial charge in [0.2, 0.25) is 5.91 Å². The second-order valence-electron chi connectivity index (χ2n) is 6.79. The maximum Gasteiger partial charge on any atom is 0.266 e. The Balaban J connectivity index is 2.01. The zero-order valence-corrected chi connectivity index (χ0v) is 16.0. The van der Waals surface area contributed by atoms with Crippen molar-refractivity contribution in [2.75, 3.05) is 6.54 Å². The van der Waals surface area contributed by atoms with Gasteiger partial charge >= 0.3 is 0 Å². The molecule has 0 spiro atoms. The van der Waals surface area contributed by atoms with Gasteiger partial charge in [-0.2, -0.15) is 0 Å². The number of hydrogen-bond donors (Lipinski definition) is 1. The molecule has 1 fully saturated rings. The van der Waals surface area contributed by atoms with Gasteiger partial charge in [0.1, 0.15) is 4.32 Å². The molecule has 4 nitrogen and oxygen atoms in total. The Kier molecular flexibility index (Phi) is 5.83. The standard InChI is InChI=1S/C18H22N2O2S2/c1-12-5-7-13(8-6-12)11-14-16(22)20(17(23)24-14)10-9-15(21)19-18(2,3)4/h5-8,11H,9-10H2,1-4H3,(H,19,21)/b14-11-. The van der Waals surface area contributed by atoms with E-state index in [9.17, 15) is 9.59 Å². The molecule has 0 saturated carbocycles. The highest BCUT2D eigenvalue weighted by atomic mass is 32.2. The number of aryl methyl sites for hydroxylation is 1. The molecule has 1 aromatic carbocycles. The van der Waals surface area contributed by atoms with E-state index in [4.69, 9.17) is 12.2 Å². The number of rotatable bonds is 4. The highest BCUT2D eigenvalue weighted by Gasteiger charge is 2.32. The van der Waals surface area contributed by atoms with Crippen LogP contribution in [0.5, 0.6) is 0 Å². The van der Waals surface area contributed by atoms with Gasteiger partial charge in [-0.15, -0.1) is 0 Å². The molecular formula is C18H22N2O2S2. The maximum atomic E-state index is 12.5.